The zero-order valence-corrected chi connectivity index (χ0v) is 13.2. The van der Waals surface area contributed by atoms with Gasteiger partial charge in [-0.1, -0.05) is 45.0 Å². The fraction of sp³-hybridized carbons (Fsp3) is 0.647. The zero-order chi connectivity index (χ0) is 13.1. The third-order valence-corrected chi connectivity index (χ3v) is 5.33. The van der Waals surface area contributed by atoms with Crippen molar-refractivity contribution in [3.63, 3.8) is 0 Å². The predicted octanol–water partition coefficient (Wildman–Crippen LogP) is 5.35. The molecule has 0 nitrogen and oxygen atoms in total. The highest BCUT2D eigenvalue weighted by Gasteiger charge is 2.32. The highest BCUT2D eigenvalue weighted by Crippen LogP contribution is 2.45. The highest BCUT2D eigenvalue weighted by molar-refractivity contribution is 7.17. The van der Waals surface area contributed by atoms with Crippen LogP contribution in [0, 0.1) is 5.92 Å². The molecule has 18 heavy (non-hydrogen) atoms. The van der Waals surface area contributed by atoms with Crippen LogP contribution in [0.5, 0.6) is 0 Å². The maximum absolute atomic E-state index is 2.95. The zero-order valence-electron chi connectivity index (χ0n) is 12.0. The summed E-state index contributed by atoms with van der Waals surface area (Å²) in [4.78, 5) is 0. The van der Waals surface area contributed by atoms with E-state index in [1.54, 1.807) is 5.56 Å². The Bertz CT molecular complexity index is 356. The van der Waals surface area contributed by atoms with Gasteiger partial charge >= 0.3 is 0 Å². The largest absolute Gasteiger partial charge is 0.134 e. The fourth-order valence-electron chi connectivity index (χ4n) is 3.16. The topological polar surface area (TPSA) is 0 Å². The second kappa shape index (κ2) is 6.20. The van der Waals surface area contributed by atoms with Crippen LogP contribution >= 0.6 is 9.24 Å². The van der Waals surface area contributed by atoms with Crippen molar-refractivity contribution < 1.29 is 0 Å². The van der Waals surface area contributed by atoms with Gasteiger partial charge in [0.1, 0.15) is 0 Å². The Balaban J connectivity index is 1.97. The molecule has 0 heterocycles. The van der Waals surface area contributed by atoms with Crippen molar-refractivity contribution in [1.82, 2.24) is 0 Å². The summed E-state index contributed by atoms with van der Waals surface area (Å²) in [5, 5.41) is 0. The molecule has 1 aliphatic rings. The minimum absolute atomic E-state index is 0.750. The first-order valence-corrected chi connectivity index (χ1v) is 8.17. The van der Waals surface area contributed by atoms with Gasteiger partial charge < -0.3 is 0 Å². The molecule has 0 bridgehead atoms. The Morgan fingerprint density at radius 3 is 2.11 bits per heavy atom. The van der Waals surface area contributed by atoms with Crippen LogP contribution in [0.1, 0.15) is 69.4 Å². The van der Waals surface area contributed by atoms with Crippen LogP contribution in [0.3, 0.4) is 0 Å². The van der Waals surface area contributed by atoms with Crippen LogP contribution < -0.4 is 0 Å². The van der Waals surface area contributed by atoms with E-state index >= 15 is 0 Å². The minimum Gasteiger partial charge on any atom is -0.134 e. The molecule has 0 saturated heterocycles. The Kier molecular flexibility index (Phi) is 4.84. The lowest BCUT2D eigenvalue weighted by molar-refractivity contribution is 0.263. The van der Waals surface area contributed by atoms with E-state index in [-0.39, 0.29) is 0 Å². The molecule has 0 amide bonds. The van der Waals surface area contributed by atoms with Crippen molar-refractivity contribution in [2.75, 3.05) is 0 Å². The SMILES string of the molecule is CCC(CC)c1ccc(C2CC(C(C)P)C2)cc1. The molecule has 1 saturated carbocycles. The van der Waals surface area contributed by atoms with Gasteiger partial charge in [-0.05, 0) is 60.2 Å². The monoisotopic (exact) mass is 262 g/mol. The van der Waals surface area contributed by atoms with Crippen LogP contribution in [-0.2, 0) is 0 Å². The van der Waals surface area contributed by atoms with E-state index in [1.807, 2.05) is 0 Å². The summed E-state index contributed by atoms with van der Waals surface area (Å²) in [5.41, 5.74) is 3.87. The van der Waals surface area contributed by atoms with Gasteiger partial charge in [-0.15, -0.1) is 9.24 Å². The van der Waals surface area contributed by atoms with Gasteiger partial charge in [-0.25, -0.2) is 0 Å². The van der Waals surface area contributed by atoms with Crippen LogP contribution in [0.15, 0.2) is 24.3 Å². The molecule has 2 rings (SSSR count). The number of hydrogen-bond acceptors (Lipinski definition) is 0. The summed E-state index contributed by atoms with van der Waals surface area (Å²) in [7, 11) is 2.95. The van der Waals surface area contributed by atoms with Gasteiger partial charge in [-0.2, -0.15) is 0 Å². The average molecular weight is 262 g/mol. The molecule has 0 aliphatic heterocycles. The van der Waals surface area contributed by atoms with Crippen LogP contribution in [0.4, 0.5) is 0 Å². The predicted molar refractivity (Wildman–Crippen MR) is 84.4 cm³/mol. The molecule has 2 unspecified atom stereocenters. The Hall–Kier alpha value is -0.350. The van der Waals surface area contributed by atoms with Crippen molar-refractivity contribution in [3.05, 3.63) is 35.4 Å². The fourth-order valence-corrected chi connectivity index (χ4v) is 3.48. The van der Waals surface area contributed by atoms with Gasteiger partial charge in [-0.3, -0.25) is 0 Å². The lowest BCUT2D eigenvalue weighted by atomic mass is 9.70. The Labute approximate surface area is 115 Å². The number of rotatable bonds is 5. The van der Waals surface area contributed by atoms with Crippen molar-refractivity contribution >= 4 is 9.24 Å². The van der Waals surface area contributed by atoms with E-state index < -0.39 is 0 Å². The molecule has 0 N–H and O–H groups in total. The van der Waals surface area contributed by atoms with Gasteiger partial charge in [0.2, 0.25) is 0 Å². The minimum atomic E-state index is 0.750. The lowest BCUT2D eigenvalue weighted by Gasteiger charge is -2.38. The standard InChI is InChI=1S/C17H27P/c1-4-13(5-2)14-6-8-15(9-7-14)17-10-16(11-17)12(3)18/h6-9,12-13,16-17H,4-5,10-11,18H2,1-3H3. The summed E-state index contributed by atoms with van der Waals surface area (Å²) < 4.78 is 0. The number of hydrogen-bond donors (Lipinski definition) is 0. The third-order valence-electron chi connectivity index (χ3n) is 4.78. The maximum Gasteiger partial charge on any atom is -0.0156 e. The van der Waals surface area contributed by atoms with E-state index in [0.717, 1.165) is 23.4 Å². The number of benzene rings is 1. The van der Waals surface area contributed by atoms with E-state index in [0.29, 0.717) is 0 Å². The molecule has 100 valence electrons. The first kappa shape index (κ1) is 14.1. The first-order valence-electron chi connectivity index (χ1n) is 7.51. The summed E-state index contributed by atoms with van der Waals surface area (Å²) in [6, 6.07) is 9.49. The lowest BCUT2D eigenvalue weighted by Crippen LogP contribution is -2.27. The molecule has 0 aromatic heterocycles. The van der Waals surface area contributed by atoms with Crippen molar-refractivity contribution in [3.8, 4) is 0 Å². The van der Waals surface area contributed by atoms with Crippen LogP contribution in [0.2, 0.25) is 0 Å². The van der Waals surface area contributed by atoms with Gasteiger partial charge in [0, 0.05) is 0 Å². The molecule has 1 heteroatoms. The molecule has 2 atom stereocenters. The summed E-state index contributed by atoms with van der Waals surface area (Å²) in [5.74, 6) is 2.51. The summed E-state index contributed by atoms with van der Waals surface area (Å²) >= 11 is 0. The summed E-state index contributed by atoms with van der Waals surface area (Å²) in [6.45, 7) is 6.90. The molecular weight excluding hydrogens is 235 g/mol. The van der Waals surface area contributed by atoms with Gasteiger partial charge in [0.25, 0.3) is 0 Å². The van der Waals surface area contributed by atoms with E-state index in [9.17, 15) is 0 Å². The first-order chi connectivity index (χ1) is 8.65. The molecule has 1 aromatic carbocycles. The van der Waals surface area contributed by atoms with Crippen molar-refractivity contribution in [1.29, 1.82) is 0 Å². The van der Waals surface area contributed by atoms with Gasteiger partial charge in [0.05, 0.1) is 0 Å². The van der Waals surface area contributed by atoms with E-state index in [4.69, 9.17) is 0 Å². The van der Waals surface area contributed by atoms with Crippen LogP contribution in [-0.4, -0.2) is 5.66 Å². The Morgan fingerprint density at radius 2 is 1.67 bits per heavy atom. The Morgan fingerprint density at radius 1 is 1.11 bits per heavy atom. The molecule has 1 aliphatic carbocycles. The molecule has 0 spiro atoms. The quantitative estimate of drug-likeness (QED) is 0.628. The second-order valence-electron chi connectivity index (χ2n) is 5.97. The van der Waals surface area contributed by atoms with Crippen LogP contribution in [0.25, 0.3) is 0 Å². The molecule has 0 radical (unpaired) electrons. The summed E-state index contributed by atoms with van der Waals surface area (Å²) in [6.07, 6.45) is 5.28. The average Bonchev–Trinajstić information content (AvgIpc) is 2.30. The van der Waals surface area contributed by atoms with Gasteiger partial charge in [0.15, 0.2) is 0 Å². The smallest absolute Gasteiger partial charge is 0.0156 e. The van der Waals surface area contributed by atoms with E-state index in [2.05, 4.69) is 54.3 Å². The normalized spacial score (nSPS) is 24.9. The second-order valence-corrected chi connectivity index (χ2v) is 7.02. The third kappa shape index (κ3) is 2.97. The molecular formula is C17H27P. The highest BCUT2D eigenvalue weighted by atomic mass is 31.0. The molecule has 1 fully saturated rings. The maximum atomic E-state index is 2.95. The van der Waals surface area contributed by atoms with Crippen molar-refractivity contribution in [2.45, 2.75) is 63.9 Å². The van der Waals surface area contributed by atoms with Crippen molar-refractivity contribution in [2.24, 2.45) is 5.92 Å². The molecule has 1 aromatic rings. The van der Waals surface area contributed by atoms with E-state index in [1.165, 1.54) is 31.2 Å².